The van der Waals surface area contributed by atoms with Crippen LogP contribution in [0.15, 0.2) is 50.9 Å². The van der Waals surface area contributed by atoms with Crippen molar-refractivity contribution in [1.82, 2.24) is 4.98 Å². The molecule has 0 aliphatic rings. The summed E-state index contributed by atoms with van der Waals surface area (Å²) in [5.41, 5.74) is 3.17. The van der Waals surface area contributed by atoms with Gasteiger partial charge in [-0.3, -0.25) is 0 Å². The number of rotatable bonds is 2. The molecule has 0 fully saturated rings. The van der Waals surface area contributed by atoms with Crippen LogP contribution in [0.25, 0.3) is 21.8 Å². The Labute approximate surface area is 117 Å². The summed E-state index contributed by atoms with van der Waals surface area (Å²) < 4.78 is 6.38. The van der Waals surface area contributed by atoms with Gasteiger partial charge in [0.1, 0.15) is 10.8 Å². The molecule has 0 aliphatic carbocycles. The van der Waals surface area contributed by atoms with E-state index in [0.29, 0.717) is 0 Å². The first-order valence-corrected chi connectivity index (χ1v) is 7.18. The predicted molar refractivity (Wildman–Crippen MR) is 77.7 cm³/mol. The summed E-state index contributed by atoms with van der Waals surface area (Å²) in [6, 6.07) is 10.1. The summed E-state index contributed by atoms with van der Waals surface area (Å²) in [5.74, 6) is 0.906. The number of nitrogens with zero attached hydrogens (tertiary/aromatic N) is 1. The summed E-state index contributed by atoms with van der Waals surface area (Å²) >= 11 is 5.18. The van der Waals surface area contributed by atoms with Crippen LogP contribution in [0.2, 0.25) is 0 Å². The third kappa shape index (κ3) is 2.02. The average Bonchev–Trinajstić information content (AvgIpc) is 2.98. The smallest absolute Gasteiger partial charge is 0.127 e. The first-order valence-electron chi connectivity index (χ1n) is 5.50. The van der Waals surface area contributed by atoms with Crippen molar-refractivity contribution < 1.29 is 4.42 Å². The summed E-state index contributed by atoms with van der Waals surface area (Å²) in [5, 5.41) is 3.06. The first kappa shape index (κ1) is 11.7. The number of hydrogen-bond donors (Lipinski definition) is 0. The van der Waals surface area contributed by atoms with E-state index in [1.165, 1.54) is 0 Å². The monoisotopic (exact) mass is 319 g/mol. The molecule has 0 aliphatic heterocycles. The normalized spacial score (nSPS) is 10.8. The highest BCUT2D eigenvalue weighted by Crippen LogP contribution is 2.33. The zero-order chi connectivity index (χ0) is 12.5. The number of aromatic nitrogens is 1. The van der Waals surface area contributed by atoms with Crippen molar-refractivity contribution in [1.29, 1.82) is 0 Å². The van der Waals surface area contributed by atoms with Gasteiger partial charge in [-0.1, -0.05) is 34.1 Å². The number of benzene rings is 1. The zero-order valence-corrected chi connectivity index (χ0v) is 12.1. The number of hydrogen-bond acceptors (Lipinski definition) is 3. The molecular formula is C14H10BrNOS. The van der Waals surface area contributed by atoms with Crippen molar-refractivity contribution >= 4 is 27.3 Å². The van der Waals surface area contributed by atoms with Crippen LogP contribution in [0.5, 0.6) is 0 Å². The summed E-state index contributed by atoms with van der Waals surface area (Å²) in [6.45, 7) is 1.95. The van der Waals surface area contributed by atoms with E-state index in [4.69, 9.17) is 4.42 Å². The van der Waals surface area contributed by atoms with Crippen LogP contribution < -0.4 is 0 Å². The van der Waals surface area contributed by atoms with E-state index in [1.807, 2.05) is 31.2 Å². The van der Waals surface area contributed by atoms with Crippen LogP contribution in [0.4, 0.5) is 0 Å². The molecule has 3 rings (SSSR count). The van der Waals surface area contributed by atoms with Crippen molar-refractivity contribution in [2.75, 3.05) is 0 Å². The Balaban J connectivity index is 2.05. The van der Waals surface area contributed by atoms with Gasteiger partial charge in [0.15, 0.2) is 0 Å². The number of halogens is 1. The maximum atomic E-state index is 5.32. The van der Waals surface area contributed by atoms with Gasteiger partial charge in [-0.15, -0.1) is 11.3 Å². The van der Waals surface area contributed by atoms with Crippen LogP contribution in [0.1, 0.15) is 5.76 Å². The van der Waals surface area contributed by atoms with Crippen LogP contribution >= 0.6 is 27.3 Å². The Morgan fingerprint density at radius 1 is 1.17 bits per heavy atom. The van der Waals surface area contributed by atoms with Gasteiger partial charge in [0.05, 0.1) is 17.5 Å². The fourth-order valence-electron chi connectivity index (χ4n) is 1.80. The molecule has 1 aromatic carbocycles. The van der Waals surface area contributed by atoms with Crippen molar-refractivity contribution in [3.63, 3.8) is 0 Å². The van der Waals surface area contributed by atoms with Gasteiger partial charge >= 0.3 is 0 Å². The molecule has 0 spiro atoms. The molecule has 0 atom stereocenters. The standard InChI is InChI=1S/C14H10BrNOS/c1-9-10(6-7-17-9)14-16-13(8-18-14)11-4-2-3-5-12(11)15/h2-8H,1H3. The van der Waals surface area contributed by atoms with Gasteiger partial charge in [-0.25, -0.2) is 4.98 Å². The van der Waals surface area contributed by atoms with Crippen molar-refractivity contribution in [3.05, 3.63) is 52.2 Å². The van der Waals surface area contributed by atoms with E-state index in [0.717, 1.165) is 32.1 Å². The predicted octanol–water partition coefficient (Wildman–Crippen LogP) is 5.14. The minimum absolute atomic E-state index is 0.906. The molecule has 3 aromatic rings. The molecular weight excluding hydrogens is 310 g/mol. The molecule has 0 amide bonds. The van der Waals surface area contributed by atoms with Crippen LogP contribution in [0, 0.1) is 6.92 Å². The Morgan fingerprint density at radius 2 is 2.00 bits per heavy atom. The molecule has 0 saturated heterocycles. The fraction of sp³-hybridized carbons (Fsp3) is 0.0714. The van der Waals surface area contributed by atoms with Gasteiger partial charge in [0.25, 0.3) is 0 Å². The molecule has 2 nitrogen and oxygen atoms in total. The SMILES string of the molecule is Cc1occc1-c1nc(-c2ccccc2Br)cs1. The Kier molecular flexibility index (Phi) is 3.06. The van der Waals surface area contributed by atoms with Crippen LogP contribution in [0.3, 0.4) is 0 Å². The molecule has 0 bridgehead atoms. The maximum absolute atomic E-state index is 5.32. The summed E-state index contributed by atoms with van der Waals surface area (Å²) in [4.78, 5) is 4.67. The molecule has 4 heteroatoms. The van der Waals surface area contributed by atoms with Gasteiger partial charge in [-0.2, -0.15) is 0 Å². The molecule has 0 radical (unpaired) electrons. The third-order valence-corrected chi connectivity index (χ3v) is 4.31. The second-order valence-electron chi connectivity index (χ2n) is 3.91. The molecule has 18 heavy (non-hydrogen) atoms. The largest absolute Gasteiger partial charge is 0.469 e. The third-order valence-electron chi connectivity index (χ3n) is 2.74. The lowest BCUT2D eigenvalue weighted by molar-refractivity contribution is 0.535. The molecule has 0 N–H and O–H groups in total. The highest BCUT2D eigenvalue weighted by atomic mass is 79.9. The molecule has 90 valence electrons. The Morgan fingerprint density at radius 3 is 2.72 bits per heavy atom. The quantitative estimate of drug-likeness (QED) is 0.653. The second-order valence-corrected chi connectivity index (χ2v) is 5.62. The first-order chi connectivity index (χ1) is 8.75. The van der Waals surface area contributed by atoms with E-state index in [2.05, 4.69) is 32.4 Å². The second kappa shape index (κ2) is 4.71. The van der Waals surface area contributed by atoms with Crippen LogP contribution in [-0.2, 0) is 0 Å². The molecule has 0 unspecified atom stereocenters. The average molecular weight is 320 g/mol. The fourth-order valence-corrected chi connectivity index (χ4v) is 3.18. The topological polar surface area (TPSA) is 26.0 Å². The lowest BCUT2D eigenvalue weighted by atomic mass is 10.2. The maximum Gasteiger partial charge on any atom is 0.127 e. The molecule has 2 aromatic heterocycles. The van der Waals surface area contributed by atoms with E-state index in [-0.39, 0.29) is 0 Å². The van der Waals surface area contributed by atoms with E-state index < -0.39 is 0 Å². The van der Waals surface area contributed by atoms with Gasteiger partial charge in [0, 0.05) is 15.4 Å². The molecule has 0 saturated carbocycles. The van der Waals surface area contributed by atoms with E-state index in [9.17, 15) is 0 Å². The minimum Gasteiger partial charge on any atom is -0.469 e. The summed E-state index contributed by atoms with van der Waals surface area (Å²) in [6.07, 6.45) is 1.70. The van der Waals surface area contributed by atoms with Gasteiger partial charge in [0.2, 0.25) is 0 Å². The zero-order valence-electron chi connectivity index (χ0n) is 9.68. The number of thiazole rings is 1. The number of aryl methyl sites for hydroxylation is 1. The summed E-state index contributed by atoms with van der Waals surface area (Å²) in [7, 11) is 0. The Hall–Kier alpha value is -1.39. The van der Waals surface area contributed by atoms with Crippen LogP contribution in [-0.4, -0.2) is 4.98 Å². The highest BCUT2D eigenvalue weighted by molar-refractivity contribution is 9.10. The van der Waals surface area contributed by atoms with Crippen molar-refractivity contribution in [2.24, 2.45) is 0 Å². The van der Waals surface area contributed by atoms with Crippen molar-refractivity contribution in [3.8, 4) is 21.8 Å². The lowest BCUT2D eigenvalue weighted by Crippen LogP contribution is -1.80. The number of furan rings is 1. The highest BCUT2D eigenvalue weighted by Gasteiger charge is 2.11. The van der Waals surface area contributed by atoms with E-state index >= 15 is 0 Å². The van der Waals surface area contributed by atoms with Gasteiger partial charge < -0.3 is 4.42 Å². The lowest BCUT2D eigenvalue weighted by Gasteiger charge is -1.99. The van der Waals surface area contributed by atoms with Crippen molar-refractivity contribution in [2.45, 2.75) is 6.92 Å². The van der Waals surface area contributed by atoms with Gasteiger partial charge in [-0.05, 0) is 19.1 Å². The van der Waals surface area contributed by atoms with E-state index in [1.54, 1.807) is 17.6 Å². The Bertz CT molecular complexity index is 686. The minimum atomic E-state index is 0.906. The molecule has 2 heterocycles.